The number of nitrogens with two attached hydrogens (primary N) is 1. The Bertz CT molecular complexity index is 180. The van der Waals surface area contributed by atoms with Gasteiger partial charge in [-0.3, -0.25) is 0 Å². The molecule has 0 unspecified atom stereocenters. The molecule has 96 valence electrons. The largest absolute Gasteiger partial charge is 2.00 e. The molecule has 1 fully saturated rings. The van der Waals surface area contributed by atoms with E-state index >= 15 is 0 Å². The van der Waals surface area contributed by atoms with Gasteiger partial charge in [0, 0.05) is 12.1 Å². The Labute approximate surface area is 119 Å². The maximum absolute atomic E-state index is 6.28. The molecule has 0 spiro atoms. The smallest absolute Gasteiger partial charge is 0.378 e. The summed E-state index contributed by atoms with van der Waals surface area (Å²) in [6.07, 6.45) is 6.06. The van der Waals surface area contributed by atoms with Crippen molar-refractivity contribution in [1.82, 2.24) is 4.90 Å². The molecule has 1 saturated carbocycles. The summed E-state index contributed by atoms with van der Waals surface area (Å²) in [7, 11) is 0. The van der Waals surface area contributed by atoms with Crippen LogP contribution in [0.2, 0.25) is 0 Å². The van der Waals surface area contributed by atoms with Crippen molar-refractivity contribution in [2.24, 2.45) is 5.73 Å². The molecule has 0 radical (unpaired) electrons. The first-order valence-corrected chi connectivity index (χ1v) is 6.38. The maximum atomic E-state index is 6.28. The van der Waals surface area contributed by atoms with Crippen LogP contribution >= 0.6 is 0 Å². The van der Waals surface area contributed by atoms with E-state index in [4.69, 9.17) is 10.5 Å². The Morgan fingerprint density at radius 2 is 1.71 bits per heavy atom. The third-order valence-electron chi connectivity index (χ3n) is 3.42. The van der Waals surface area contributed by atoms with Crippen molar-refractivity contribution in [3.05, 3.63) is 13.8 Å². The van der Waals surface area contributed by atoms with Gasteiger partial charge in [-0.25, -0.2) is 0 Å². The van der Waals surface area contributed by atoms with E-state index in [1.807, 2.05) is 0 Å². The van der Waals surface area contributed by atoms with Crippen LogP contribution in [0.5, 0.6) is 0 Å². The van der Waals surface area contributed by atoms with E-state index < -0.39 is 0 Å². The standard InChI is InChI=1S/C13H26N2O.Zn/c1-3-15(4-2)10-11-16-12-13(14)8-6-5-7-9-13;/h1-12,14H2;/q-2;+2. The molecule has 0 amide bonds. The van der Waals surface area contributed by atoms with Crippen LogP contribution in [0.15, 0.2) is 0 Å². The second kappa shape index (κ2) is 9.44. The maximum Gasteiger partial charge on any atom is 2.00 e. The minimum absolute atomic E-state index is 0. The van der Waals surface area contributed by atoms with Crippen molar-refractivity contribution in [3.8, 4) is 0 Å². The second-order valence-electron chi connectivity index (χ2n) is 4.82. The molecule has 4 heteroatoms. The summed E-state index contributed by atoms with van der Waals surface area (Å²) in [5.41, 5.74) is 6.22. The quantitative estimate of drug-likeness (QED) is 0.440. The summed E-state index contributed by atoms with van der Waals surface area (Å²) in [5.74, 6) is 0. The molecule has 0 heterocycles. The average molecular weight is 292 g/mol. The SMILES string of the molecule is [CH2-]CN(C[CH2-])CCOCC1(N)CCCCC1.[Zn+2]. The molecule has 0 aromatic rings. The molecule has 1 aliphatic rings. The van der Waals surface area contributed by atoms with E-state index in [9.17, 15) is 0 Å². The predicted octanol–water partition coefficient (Wildman–Crippen LogP) is 1.63. The first kappa shape index (κ1) is 17.5. The summed E-state index contributed by atoms with van der Waals surface area (Å²) >= 11 is 0. The molecule has 0 atom stereocenters. The fourth-order valence-electron chi connectivity index (χ4n) is 2.20. The normalized spacial score (nSPS) is 19.1. The van der Waals surface area contributed by atoms with Gasteiger partial charge < -0.3 is 29.2 Å². The van der Waals surface area contributed by atoms with Crippen LogP contribution in [0.4, 0.5) is 0 Å². The van der Waals surface area contributed by atoms with Gasteiger partial charge in [-0.1, -0.05) is 19.3 Å². The van der Waals surface area contributed by atoms with Gasteiger partial charge in [0.1, 0.15) is 0 Å². The topological polar surface area (TPSA) is 38.5 Å². The van der Waals surface area contributed by atoms with Gasteiger partial charge in [-0.15, -0.1) is 13.1 Å². The Balaban J connectivity index is 0.00000256. The first-order chi connectivity index (χ1) is 7.70. The molecule has 1 rings (SSSR count). The van der Waals surface area contributed by atoms with Crippen LogP contribution in [0.3, 0.4) is 0 Å². The molecule has 17 heavy (non-hydrogen) atoms. The van der Waals surface area contributed by atoms with Crippen LogP contribution in [-0.4, -0.2) is 43.3 Å². The molecule has 0 aliphatic heterocycles. The van der Waals surface area contributed by atoms with Crippen molar-refractivity contribution in [2.45, 2.75) is 37.6 Å². The number of hydrogen-bond acceptors (Lipinski definition) is 3. The van der Waals surface area contributed by atoms with Crippen molar-refractivity contribution in [1.29, 1.82) is 0 Å². The summed E-state index contributed by atoms with van der Waals surface area (Å²) in [6, 6.07) is 0. The minimum atomic E-state index is -0.0575. The molecule has 1 aliphatic carbocycles. The van der Waals surface area contributed by atoms with E-state index in [0.29, 0.717) is 6.61 Å². The third kappa shape index (κ3) is 6.86. The number of rotatable bonds is 7. The van der Waals surface area contributed by atoms with Gasteiger partial charge >= 0.3 is 19.5 Å². The molecule has 3 nitrogen and oxygen atoms in total. The molecular weight excluding hydrogens is 266 g/mol. The number of ether oxygens (including phenoxy) is 1. The van der Waals surface area contributed by atoms with Gasteiger partial charge in [0.2, 0.25) is 0 Å². The number of hydrogen-bond donors (Lipinski definition) is 1. The van der Waals surface area contributed by atoms with Crippen LogP contribution in [0.25, 0.3) is 0 Å². The van der Waals surface area contributed by atoms with E-state index in [2.05, 4.69) is 18.7 Å². The minimum Gasteiger partial charge on any atom is -0.378 e. The molecular formula is C13H26N2OZn. The zero-order chi connectivity index (χ0) is 11.9. The van der Waals surface area contributed by atoms with Gasteiger partial charge in [-0.2, -0.15) is 0 Å². The van der Waals surface area contributed by atoms with Crippen molar-refractivity contribution < 1.29 is 24.2 Å². The molecule has 0 bridgehead atoms. The predicted molar refractivity (Wildman–Crippen MR) is 68.0 cm³/mol. The Morgan fingerprint density at radius 1 is 1.12 bits per heavy atom. The van der Waals surface area contributed by atoms with Crippen molar-refractivity contribution in [3.63, 3.8) is 0 Å². The summed E-state index contributed by atoms with van der Waals surface area (Å²) in [4.78, 5) is 2.16. The fraction of sp³-hybridized carbons (Fsp3) is 0.846. The Morgan fingerprint density at radius 3 is 2.24 bits per heavy atom. The third-order valence-corrected chi connectivity index (χ3v) is 3.42. The molecule has 0 aromatic carbocycles. The summed E-state index contributed by atoms with van der Waals surface area (Å²) in [5, 5.41) is 0. The van der Waals surface area contributed by atoms with Crippen LogP contribution in [-0.2, 0) is 24.2 Å². The van der Waals surface area contributed by atoms with Crippen LogP contribution in [0.1, 0.15) is 32.1 Å². The van der Waals surface area contributed by atoms with E-state index in [-0.39, 0.29) is 25.0 Å². The zero-order valence-electron chi connectivity index (χ0n) is 11.1. The van der Waals surface area contributed by atoms with E-state index in [0.717, 1.165) is 39.1 Å². The fourth-order valence-corrected chi connectivity index (χ4v) is 2.20. The first-order valence-electron chi connectivity index (χ1n) is 6.38. The molecule has 0 saturated heterocycles. The van der Waals surface area contributed by atoms with E-state index in [1.165, 1.54) is 19.3 Å². The molecule has 0 aromatic heterocycles. The monoisotopic (exact) mass is 290 g/mol. The summed E-state index contributed by atoms with van der Waals surface area (Å²) < 4.78 is 5.69. The second-order valence-corrected chi connectivity index (χ2v) is 4.82. The number of nitrogens with zero attached hydrogens (tertiary/aromatic N) is 1. The Kier molecular flexibility index (Phi) is 9.72. The van der Waals surface area contributed by atoms with Crippen LogP contribution < -0.4 is 5.73 Å². The van der Waals surface area contributed by atoms with Gasteiger partial charge in [0.05, 0.1) is 13.2 Å². The van der Waals surface area contributed by atoms with Crippen molar-refractivity contribution in [2.75, 3.05) is 32.8 Å². The summed E-state index contributed by atoms with van der Waals surface area (Å²) in [6.45, 7) is 11.6. The Hall–Kier alpha value is 0.503. The van der Waals surface area contributed by atoms with Crippen LogP contribution in [0, 0.1) is 13.8 Å². The van der Waals surface area contributed by atoms with Gasteiger partial charge in [0.15, 0.2) is 0 Å². The van der Waals surface area contributed by atoms with Gasteiger partial charge in [0.25, 0.3) is 0 Å². The van der Waals surface area contributed by atoms with Crippen molar-refractivity contribution >= 4 is 0 Å². The zero-order valence-corrected chi connectivity index (χ0v) is 14.1. The average Bonchev–Trinajstić information content (AvgIpc) is 2.30. The van der Waals surface area contributed by atoms with Gasteiger partial charge in [-0.05, 0) is 12.8 Å². The van der Waals surface area contributed by atoms with E-state index in [1.54, 1.807) is 0 Å². The molecule has 2 N–H and O–H groups in total.